The molecule has 114 valence electrons. The molecule has 0 radical (unpaired) electrons. The van der Waals surface area contributed by atoms with Gasteiger partial charge in [-0.15, -0.1) is 0 Å². The predicted octanol–water partition coefficient (Wildman–Crippen LogP) is 1.26. The number of aliphatic carboxylic acids is 1. The van der Waals surface area contributed by atoms with E-state index in [9.17, 15) is 23.5 Å². The maximum absolute atomic E-state index is 13.1. The second-order valence-corrected chi connectivity index (χ2v) is 4.97. The van der Waals surface area contributed by atoms with Gasteiger partial charge in [0.1, 0.15) is 5.54 Å². The molecule has 0 aromatic heterocycles. The zero-order valence-electron chi connectivity index (χ0n) is 11.2. The lowest BCUT2D eigenvalue weighted by Crippen LogP contribution is -2.57. The number of nitrogens with one attached hydrogen (secondary N) is 1. The molecule has 1 heterocycles. The van der Waals surface area contributed by atoms with Crippen molar-refractivity contribution in [1.29, 1.82) is 0 Å². The van der Waals surface area contributed by atoms with Gasteiger partial charge in [0.05, 0.1) is 6.42 Å². The lowest BCUT2D eigenvalue weighted by Gasteiger charge is -2.33. The third-order valence-electron chi connectivity index (χ3n) is 3.48. The second-order valence-electron chi connectivity index (χ2n) is 4.97. The van der Waals surface area contributed by atoms with E-state index in [0.29, 0.717) is 0 Å². The number of benzene rings is 1. The van der Waals surface area contributed by atoms with Gasteiger partial charge >= 0.3 is 5.97 Å². The van der Waals surface area contributed by atoms with E-state index in [0.717, 1.165) is 12.1 Å². The summed E-state index contributed by atoms with van der Waals surface area (Å²) >= 11 is 0. The van der Waals surface area contributed by atoms with E-state index in [2.05, 4.69) is 5.32 Å². The third-order valence-corrected chi connectivity index (χ3v) is 3.48. The van der Waals surface area contributed by atoms with Crippen LogP contribution in [0.5, 0.6) is 0 Å². The normalized spacial score (nSPS) is 17.2. The molecule has 0 atom stereocenters. The Balaban J connectivity index is 2.05. The molecular formula is C14H15F2NO4. The van der Waals surface area contributed by atoms with Crippen LogP contribution in [0.15, 0.2) is 18.2 Å². The van der Waals surface area contributed by atoms with Crippen LogP contribution in [0.4, 0.5) is 8.78 Å². The molecule has 1 aromatic rings. The molecule has 0 spiro atoms. The van der Waals surface area contributed by atoms with Crippen LogP contribution in [0.2, 0.25) is 0 Å². The molecular weight excluding hydrogens is 284 g/mol. The Labute approximate surface area is 119 Å². The largest absolute Gasteiger partial charge is 0.480 e. The van der Waals surface area contributed by atoms with Crippen LogP contribution in [0.1, 0.15) is 18.4 Å². The number of ether oxygens (including phenoxy) is 1. The number of carbonyl (C=O) groups is 2. The maximum Gasteiger partial charge on any atom is 0.329 e. The number of carbonyl (C=O) groups excluding carboxylic acids is 1. The fraction of sp³-hybridized carbons (Fsp3) is 0.429. The molecule has 1 aliphatic rings. The summed E-state index contributed by atoms with van der Waals surface area (Å²) in [6, 6.07) is 3.14. The fourth-order valence-electron chi connectivity index (χ4n) is 2.26. The molecule has 0 bridgehead atoms. The average Bonchev–Trinajstić information content (AvgIpc) is 2.43. The van der Waals surface area contributed by atoms with Crippen molar-refractivity contribution in [2.75, 3.05) is 13.2 Å². The predicted molar refractivity (Wildman–Crippen MR) is 68.6 cm³/mol. The van der Waals surface area contributed by atoms with Crippen LogP contribution in [0.25, 0.3) is 0 Å². The van der Waals surface area contributed by atoms with Crippen molar-refractivity contribution < 1.29 is 28.2 Å². The lowest BCUT2D eigenvalue weighted by atomic mass is 9.90. The minimum Gasteiger partial charge on any atom is -0.480 e. The minimum absolute atomic E-state index is 0.172. The number of carboxylic acids is 1. The summed E-state index contributed by atoms with van der Waals surface area (Å²) < 4.78 is 31.0. The zero-order valence-corrected chi connectivity index (χ0v) is 11.2. The second kappa shape index (κ2) is 6.17. The number of halogens is 2. The number of hydrogen-bond acceptors (Lipinski definition) is 3. The Morgan fingerprint density at radius 1 is 1.24 bits per heavy atom. The first-order valence-corrected chi connectivity index (χ1v) is 6.49. The number of amides is 1. The number of carboxylic acid groups (broad SMARTS) is 1. The van der Waals surface area contributed by atoms with Gasteiger partial charge in [0, 0.05) is 26.1 Å². The molecule has 7 heteroatoms. The highest BCUT2D eigenvalue weighted by Gasteiger charge is 2.41. The highest BCUT2D eigenvalue weighted by Crippen LogP contribution is 2.21. The summed E-state index contributed by atoms with van der Waals surface area (Å²) in [4.78, 5) is 23.3. The van der Waals surface area contributed by atoms with Crippen molar-refractivity contribution in [3.8, 4) is 0 Å². The molecule has 1 aromatic carbocycles. The summed E-state index contributed by atoms with van der Waals surface area (Å²) in [5.41, 5.74) is -1.08. The summed E-state index contributed by atoms with van der Waals surface area (Å²) in [7, 11) is 0. The van der Waals surface area contributed by atoms with E-state index in [1.165, 1.54) is 6.07 Å². The Kier molecular flexibility index (Phi) is 4.52. The van der Waals surface area contributed by atoms with Crippen LogP contribution in [0, 0.1) is 11.6 Å². The fourth-order valence-corrected chi connectivity index (χ4v) is 2.26. The molecule has 1 amide bonds. The van der Waals surface area contributed by atoms with Gasteiger partial charge in [-0.25, -0.2) is 13.6 Å². The van der Waals surface area contributed by atoms with Gasteiger partial charge in [-0.3, -0.25) is 4.79 Å². The summed E-state index contributed by atoms with van der Waals surface area (Å²) in [6.45, 7) is 0.496. The Morgan fingerprint density at radius 2 is 1.90 bits per heavy atom. The average molecular weight is 299 g/mol. The van der Waals surface area contributed by atoms with E-state index in [4.69, 9.17) is 4.74 Å². The first-order valence-electron chi connectivity index (χ1n) is 6.49. The molecule has 1 aliphatic heterocycles. The molecule has 0 saturated carbocycles. The number of hydrogen-bond donors (Lipinski definition) is 2. The van der Waals surface area contributed by atoms with E-state index in [-0.39, 0.29) is 38.0 Å². The summed E-state index contributed by atoms with van der Waals surface area (Å²) in [5, 5.41) is 11.8. The number of rotatable bonds is 4. The smallest absolute Gasteiger partial charge is 0.329 e. The van der Waals surface area contributed by atoms with Gasteiger partial charge in [-0.1, -0.05) is 6.07 Å². The quantitative estimate of drug-likeness (QED) is 0.877. The SMILES string of the molecule is O=C(Cc1ccc(F)c(F)c1)NC1(C(=O)O)CCOCC1. The standard InChI is InChI=1S/C14H15F2NO4/c15-10-2-1-9(7-11(10)16)8-12(18)17-14(13(19)20)3-5-21-6-4-14/h1-2,7H,3-6,8H2,(H,17,18)(H,19,20). The van der Waals surface area contributed by atoms with Crippen molar-refractivity contribution >= 4 is 11.9 Å². The van der Waals surface area contributed by atoms with Crippen LogP contribution in [0.3, 0.4) is 0 Å². The first kappa shape index (κ1) is 15.4. The maximum atomic E-state index is 13.1. The molecule has 5 nitrogen and oxygen atoms in total. The highest BCUT2D eigenvalue weighted by atomic mass is 19.2. The van der Waals surface area contributed by atoms with E-state index in [1.807, 2.05) is 0 Å². The van der Waals surface area contributed by atoms with Crippen LogP contribution >= 0.6 is 0 Å². The topological polar surface area (TPSA) is 75.6 Å². The van der Waals surface area contributed by atoms with Gasteiger partial charge in [-0.2, -0.15) is 0 Å². The molecule has 2 N–H and O–H groups in total. The Morgan fingerprint density at radius 3 is 2.48 bits per heavy atom. The Hall–Kier alpha value is -2.02. The van der Waals surface area contributed by atoms with Crippen molar-refractivity contribution in [2.24, 2.45) is 0 Å². The van der Waals surface area contributed by atoms with Crippen LogP contribution < -0.4 is 5.32 Å². The van der Waals surface area contributed by atoms with Crippen molar-refractivity contribution in [1.82, 2.24) is 5.32 Å². The van der Waals surface area contributed by atoms with Crippen molar-refractivity contribution in [3.63, 3.8) is 0 Å². The van der Waals surface area contributed by atoms with E-state index >= 15 is 0 Å². The molecule has 2 rings (SSSR count). The van der Waals surface area contributed by atoms with Gasteiger partial charge < -0.3 is 15.2 Å². The van der Waals surface area contributed by atoms with Gasteiger partial charge in [0.15, 0.2) is 11.6 Å². The molecule has 1 fully saturated rings. The van der Waals surface area contributed by atoms with Gasteiger partial charge in [0.25, 0.3) is 0 Å². The summed E-state index contributed by atoms with van der Waals surface area (Å²) in [6.07, 6.45) is 0.130. The van der Waals surface area contributed by atoms with Crippen LogP contribution in [-0.2, 0) is 20.7 Å². The minimum atomic E-state index is -1.35. The van der Waals surface area contributed by atoms with E-state index < -0.39 is 29.0 Å². The Bertz CT molecular complexity index is 556. The van der Waals surface area contributed by atoms with Gasteiger partial charge in [0.2, 0.25) is 5.91 Å². The van der Waals surface area contributed by atoms with Crippen LogP contribution in [-0.4, -0.2) is 35.7 Å². The lowest BCUT2D eigenvalue weighted by molar-refractivity contribution is -0.152. The van der Waals surface area contributed by atoms with Crippen molar-refractivity contribution in [3.05, 3.63) is 35.4 Å². The molecule has 0 aliphatic carbocycles. The monoisotopic (exact) mass is 299 g/mol. The van der Waals surface area contributed by atoms with Crippen molar-refractivity contribution in [2.45, 2.75) is 24.8 Å². The third kappa shape index (κ3) is 3.55. The molecule has 0 unspecified atom stereocenters. The van der Waals surface area contributed by atoms with Gasteiger partial charge in [-0.05, 0) is 17.7 Å². The molecule has 21 heavy (non-hydrogen) atoms. The van der Waals surface area contributed by atoms with E-state index in [1.54, 1.807) is 0 Å². The molecule has 1 saturated heterocycles. The zero-order chi connectivity index (χ0) is 15.5. The first-order chi connectivity index (χ1) is 9.93. The highest BCUT2D eigenvalue weighted by molar-refractivity contribution is 5.88. The summed E-state index contributed by atoms with van der Waals surface area (Å²) in [5.74, 6) is -3.71.